The monoisotopic (exact) mass is 471 g/mol. The van der Waals surface area contributed by atoms with Crippen LogP contribution in [0.25, 0.3) is 0 Å². The molecule has 3 aromatic carbocycles. The second-order valence-corrected chi connectivity index (χ2v) is 8.46. The Labute approximate surface area is 203 Å². The number of nitrogens with one attached hydrogen (secondary N) is 1. The lowest BCUT2D eigenvalue weighted by Crippen LogP contribution is -2.69. The Hall–Kier alpha value is -4.33. The summed E-state index contributed by atoms with van der Waals surface area (Å²) in [6, 6.07) is 21.4. The average Bonchev–Trinajstić information content (AvgIpc) is 3.25. The van der Waals surface area contributed by atoms with Crippen LogP contribution >= 0.6 is 0 Å². The molecule has 3 aromatic rings. The minimum absolute atomic E-state index is 0.134. The fraction of sp³-hybridized carbons (Fsp3) is 0.222. The number of para-hydroxylation sites is 1. The van der Waals surface area contributed by atoms with Gasteiger partial charge in [0.1, 0.15) is 11.5 Å². The minimum Gasteiger partial charge on any atom is -0.497 e. The van der Waals surface area contributed by atoms with Crippen molar-refractivity contribution in [2.75, 3.05) is 24.4 Å². The summed E-state index contributed by atoms with van der Waals surface area (Å²) in [4.78, 5) is 44.2. The second-order valence-electron chi connectivity index (χ2n) is 8.46. The van der Waals surface area contributed by atoms with Crippen molar-refractivity contribution in [1.82, 2.24) is 4.90 Å². The number of rotatable bonds is 6. The molecule has 1 saturated heterocycles. The van der Waals surface area contributed by atoms with E-state index in [2.05, 4.69) is 5.32 Å². The molecule has 8 heteroatoms. The molecule has 0 saturated carbocycles. The van der Waals surface area contributed by atoms with Gasteiger partial charge in [-0.25, -0.2) is 0 Å². The van der Waals surface area contributed by atoms with Crippen LogP contribution in [-0.4, -0.2) is 42.5 Å². The zero-order chi connectivity index (χ0) is 24.6. The number of anilines is 2. The normalized spacial score (nSPS) is 18.7. The van der Waals surface area contributed by atoms with Gasteiger partial charge < -0.3 is 19.7 Å². The second kappa shape index (κ2) is 8.79. The third-order valence-electron chi connectivity index (χ3n) is 6.58. The number of hydrogen-bond donors (Lipinski definition) is 1. The molecule has 2 aliphatic heterocycles. The number of carbonyl (C=O) groups excluding carboxylic acids is 3. The first-order valence-electron chi connectivity index (χ1n) is 11.3. The van der Waals surface area contributed by atoms with Gasteiger partial charge in [-0.15, -0.1) is 0 Å². The summed E-state index contributed by atoms with van der Waals surface area (Å²) < 4.78 is 10.7. The van der Waals surface area contributed by atoms with E-state index >= 15 is 0 Å². The van der Waals surface area contributed by atoms with Crippen LogP contribution < -0.4 is 19.7 Å². The smallest absolute Gasteiger partial charge is 0.271 e. The molecule has 8 nitrogen and oxygen atoms in total. The van der Waals surface area contributed by atoms with Crippen LogP contribution in [0, 0.1) is 0 Å². The zero-order valence-electron chi connectivity index (χ0n) is 19.5. The molecule has 0 spiro atoms. The largest absolute Gasteiger partial charge is 0.497 e. The Morgan fingerprint density at radius 1 is 0.971 bits per heavy atom. The quantitative estimate of drug-likeness (QED) is 0.591. The van der Waals surface area contributed by atoms with Gasteiger partial charge in [0, 0.05) is 25.5 Å². The molecule has 3 amide bonds. The highest BCUT2D eigenvalue weighted by atomic mass is 16.5. The Bertz CT molecular complexity index is 1310. The van der Waals surface area contributed by atoms with E-state index in [0.717, 1.165) is 5.56 Å². The lowest BCUT2D eigenvalue weighted by atomic mass is 9.94. The molecule has 35 heavy (non-hydrogen) atoms. The molecular weight excluding hydrogens is 446 g/mol. The van der Waals surface area contributed by atoms with E-state index in [9.17, 15) is 14.4 Å². The summed E-state index contributed by atoms with van der Waals surface area (Å²) in [6.07, 6.45) is 0.298. The first kappa shape index (κ1) is 22.5. The number of hydrogen-bond acceptors (Lipinski definition) is 5. The summed E-state index contributed by atoms with van der Waals surface area (Å²) in [7, 11) is 3.03. The van der Waals surface area contributed by atoms with Crippen molar-refractivity contribution >= 4 is 29.1 Å². The van der Waals surface area contributed by atoms with E-state index in [0.29, 0.717) is 28.4 Å². The third-order valence-corrected chi connectivity index (χ3v) is 6.58. The molecule has 1 atom stereocenters. The zero-order valence-corrected chi connectivity index (χ0v) is 19.5. The summed E-state index contributed by atoms with van der Waals surface area (Å²) in [5.41, 5.74) is 0.534. The van der Waals surface area contributed by atoms with Crippen molar-refractivity contribution in [1.29, 1.82) is 0 Å². The molecule has 0 radical (unpaired) electrons. The van der Waals surface area contributed by atoms with Gasteiger partial charge in [-0.3, -0.25) is 19.3 Å². The van der Waals surface area contributed by atoms with Crippen LogP contribution in [0.15, 0.2) is 72.8 Å². The van der Waals surface area contributed by atoms with Gasteiger partial charge in [-0.05, 0) is 29.8 Å². The number of carbonyl (C=O) groups is 3. The number of amides is 3. The predicted molar refractivity (Wildman–Crippen MR) is 130 cm³/mol. The van der Waals surface area contributed by atoms with Crippen LogP contribution in [0.4, 0.5) is 11.4 Å². The Morgan fingerprint density at radius 2 is 1.71 bits per heavy atom. The number of nitrogens with zero attached hydrogens (tertiary/aromatic N) is 2. The maximum Gasteiger partial charge on any atom is 0.271 e. The van der Waals surface area contributed by atoms with Crippen molar-refractivity contribution in [3.8, 4) is 11.5 Å². The number of ether oxygens (including phenoxy) is 2. The molecular formula is C27H25N3O5. The van der Waals surface area contributed by atoms with E-state index in [4.69, 9.17) is 9.47 Å². The lowest BCUT2D eigenvalue weighted by Gasteiger charge is -2.49. The summed E-state index contributed by atoms with van der Waals surface area (Å²) >= 11 is 0. The molecule has 0 aliphatic carbocycles. The first-order valence-corrected chi connectivity index (χ1v) is 11.3. The van der Waals surface area contributed by atoms with Crippen LogP contribution in [0.5, 0.6) is 11.5 Å². The summed E-state index contributed by atoms with van der Waals surface area (Å²) in [5, 5.41) is 2.92. The van der Waals surface area contributed by atoms with Gasteiger partial charge in [-0.1, -0.05) is 42.5 Å². The van der Waals surface area contributed by atoms with Gasteiger partial charge in [0.05, 0.1) is 31.2 Å². The van der Waals surface area contributed by atoms with Crippen LogP contribution in [0.1, 0.15) is 28.8 Å². The summed E-state index contributed by atoms with van der Waals surface area (Å²) in [6.45, 7) is 0.167. The number of fused-ring (bicyclic) bond motifs is 3. The standard InChI is InChI=1S/C27H25N3O5/c1-34-19-12-13-23(35-2)21(16-19)28-26(33)27-15-14-24(31)30(27)22-11-7-6-10-20(22)25(32)29(27)17-18-8-4-3-5-9-18/h3-13,16H,14-15,17H2,1-2H3,(H,28,33)/t27-/m0/s1. The number of methoxy groups -OCH3 is 2. The van der Waals surface area contributed by atoms with Crippen molar-refractivity contribution in [3.05, 3.63) is 83.9 Å². The van der Waals surface area contributed by atoms with Crippen molar-refractivity contribution in [2.45, 2.75) is 25.0 Å². The molecule has 1 fully saturated rings. The fourth-order valence-electron chi connectivity index (χ4n) is 4.90. The van der Waals surface area contributed by atoms with Gasteiger partial charge in [0.15, 0.2) is 0 Å². The summed E-state index contributed by atoms with van der Waals surface area (Å²) in [5.74, 6) is -0.0413. The molecule has 1 N–H and O–H groups in total. The SMILES string of the molecule is COc1ccc(OC)c(NC(=O)[C@]23CCC(=O)N2c2ccccc2C(=O)N3Cc2ccccc2)c1. The van der Waals surface area contributed by atoms with Crippen LogP contribution in [0.3, 0.4) is 0 Å². The van der Waals surface area contributed by atoms with Crippen molar-refractivity contribution in [2.24, 2.45) is 0 Å². The van der Waals surface area contributed by atoms with Crippen molar-refractivity contribution in [3.63, 3.8) is 0 Å². The van der Waals surface area contributed by atoms with Crippen LogP contribution in [-0.2, 0) is 16.1 Å². The van der Waals surface area contributed by atoms with Gasteiger partial charge in [-0.2, -0.15) is 0 Å². The van der Waals surface area contributed by atoms with Gasteiger partial charge in [0.2, 0.25) is 11.6 Å². The molecule has 0 aromatic heterocycles. The van der Waals surface area contributed by atoms with Crippen LogP contribution in [0.2, 0.25) is 0 Å². The van der Waals surface area contributed by atoms with Gasteiger partial charge in [0.25, 0.3) is 11.8 Å². The van der Waals surface area contributed by atoms with E-state index in [1.165, 1.54) is 24.0 Å². The molecule has 2 aliphatic rings. The lowest BCUT2D eigenvalue weighted by molar-refractivity contribution is -0.129. The highest BCUT2D eigenvalue weighted by molar-refractivity contribution is 6.18. The Balaban J connectivity index is 1.65. The van der Waals surface area contributed by atoms with Crippen molar-refractivity contribution < 1.29 is 23.9 Å². The third kappa shape index (κ3) is 3.58. The molecule has 178 valence electrons. The predicted octanol–water partition coefficient (Wildman–Crippen LogP) is 3.82. The Morgan fingerprint density at radius 3 is 2.46 bits per heavy atom. The highest BCUT2D eigenvalue weighted by Crippen LogP contribution is 2.46. The maximum atomic E-state index is 14.1. The van der Waals surface area contributed by atoms with E-state index in [1.54, 1.807) is 42.5 Å². The van der Waals surface area contributed by atoms with Gasteiger partial charge >= 0.3 is 0 Å². The van der Waals surface area contributed by atoms with E-state index in [1.807, 2.05) is 30.3 Å². The maximum absolute atomic E-state index is 14.1. The van der Waals surface area contributed by atoms with E-state index < -0.39 is 11.6 Å². The number of benzene rings is 3. The molecule has 0 unspecified atom stereocenters. The highest BCUT2D eigenvalue weighted by Gasteiger charge is 2.60. The topological polar surface area (TPSA) is 88.2 Å². The molecule has 0 bridgehead atoms. The van der Waals surface area contributed by atoms with E-state index in [-0.39, 0.29) is 31.2 Å². The molecule has 5 rings (SSSR count). The average molecular weight is 472 g/mol. The molecule has 2 heterocycles. The minimum atomic E-state index is -1.54. The first-order chi connectivity index (χ1) is 17.0. The fourth-order valence-corrected chi connectivity index (χ4v) is 4.90. The Kier molecular flexibility index (Phi) is 5.64.